The van der Waals surface area contributed by atoms with Crippen LogP contribution in [0.5, 0.6) is 0 Å². The first-order valence-electron chi connectivity index (χ1n) is 7.49. The van der Waals surface area contributed by atoms with Gasteiger partial charge in [0, 0.05) is 20.3 Å². The summed E-state index contributed by atoms with van der Waals surface area (Å²) in [7, 11) is 1.70. The zero-order valence-electron chi connectivity index (χ0n) is 13.4. The summed E-state index contributed by atoms with van der Waals surface area (Å²) in [6.07, 6.45) is 2.25. The molecule has 1 aromatic rings. The zero-order valence-corrected chi connectivity index (χ0v) is 13.4. The maximum absolute atomic E-state index is 5.44. The van der Waals surface area contributed by atoms with Crippen LogP contribution in [0.15, 0.2) is 12.1 Å². The van der Waals surface area contributed by atoms with Gasteiger partial charge in [0.1, 0.15) is 0 Å². The van der Waals surface area contributed by atoms with Gasteiger partial charge in [-0.05, 0) is 56.8 Å². The average molecular weight is 279 g/mol. The van der Waals surface area contributed by atoms with Gasteiger partial charge in [-0.1, -0.05) is 17.7 Å². The predicted octanol–water partition coefficient (Wildman–Crippen LogP) is 3.14. The van der Waals surface area contributed by atoms with Gasteiger partial charge in [0.25, 0.3) is 0 Å². The molecule has 3 heteroatoms. The Hall–Kier alpha value is -0.900. The Balaban J connectivity index is 2.13. The van der Waals surface area contributed by atoms with Crippen molar-refractivity contribution >= 4 is 0 Å². The number of nitrogens with one attached hydrogen (secondary N) is 1. The van der Waals surface area contributed by atoms with Gasteiger partial charge in [-0.2, -0.15) is 0 Å². The standard InChI is InChI=1S/C17H29NO2/c1-14-11-15(2)17(16(3)12-14)13-18-7-5-6-8-20-10-9-19-4/h11-12,18H,5-10,13H2,1-4H3. The summed E-state index contributed by atoms with van der Waals surface area (Å²) in [4.78, 5) is 0. The fourth-order valence-corrected chi connectivity index (χ4v) is 2.40. The van der Waals surface area contributed by atoms with E-state index in [-0.39, 0.29) is 0 Å². The van der Waals surface area contributed by atoms with E-state index in [4.69, 9.17) is 9.47 Å². The van der Waals surface area contributed by atoms with Crippen LogP contribution in [0, 0.1) is 20.8 Å². The molecular formula is C17H29NO2. The molecule has 1 rings (SSSR count). The minimum Gasteiger partial charge on any atom is -0.382 e. The van der Waals surface area contributed by atoms with Gasteiger partial charge in [-0.3, -0.25) is 0 Å². The van der Waals surface area contributed by atoms with Gasteiger partial charge < -0.3 is 14.8 Å². The highest BCUT2D eigenvalue weighted by molar-refractivity contribution is 5.37. The van der Waals surface area contributed by atoms with Crippen molar-refractivity contribution in [3.63, 3.8) is 0 Å². The van der Waals surface area contributed by atoms with E-state index in [0.717, 1.165) is 32.5 Å². The summed E-state index contributed by atoms with van der Waals surface area (Å²) >= 11 is 0. The molecule has 0 fully saturated rings. The number of methoxy groups -OCH3 is 1. The van der Waals surface area contributed by atoms with Crippen LogP contribution in [0.3, 0.4) is 0 Å². The molecule has 114 valence electrons. The molecule has 20 heavy (non-hydrogen) atoms. The Morgan fingerprint density at radius 3 is 2.30 bits per heavy atom. The molecule has 0 aromatic heterocycles. The minimum atomic E-state index is 0.685. The first-order valence-corrected chi connectivity index (χ1v) is 7.49. The summed E-state index contributed by atoms with van der Waals surface area (Å²) in [5, 5.41) is 3.52. The molecule has 0 saturated heterocycles. The number of ether oxygens (including phenoxy) is 2. The Labute approximate surface area is 123 Å². The Morgan fingerprint density at radius 1 is 0.950 bits per heavy atom. The van der Waals surface area contributed by atoms with Crippen LogP contribution in [0.4, 0.5) is 0 Å². The van der Waals surface area contributed by atoms with E-state index in [2.05, 4.69) is 38.2 Å². The van der Waals surface area contributed by atoms with Crippen molar-refractivity contribution < 1.29 is 9.47 Å². The molecule has 0 atom stereocenters. The van der Waals surface area contributed by atoms with Gasteiger partial charge in [0.15, 0.2) is 0 Å². The Morgan fingerprint density at radius 2 is 1.65 bits per heavy atom. The van der Waals surface area contributed by atoms with Crippen molar-refractivity contribution in [2.75, 3.05) is 33.5 Å². The van der Waals surface area contributed by atoms with Crippen molar-refractivity contribution in [1.82, 2.24) is 5.32 Å². The lowest BCUT2D eigenvalue weighted by molar-refractivity contribution is 0.0688. The van der Waals surface area contributed by atoms with Gasteiger partial charge >= 0.3 is 0 Å². The maximum atomic E-state index is 5.44. The minimum absolute atomic E-state index is 0.685. The molecule has 0 aliphatic carbocycles. The summed E-state index contributed by atoms with van der Waals surface area (Å²) in [6.45, 7) is 10.8. The van der Waals surface area contributed by atoms with Crippen LogP contribution in [0.2, 0.25) is 0 Å². The quantitative estimate of drug-likeness (QED) is 0.667. The SMILES string of the molecule is COCCOCCCCNCc1c(C)cc(C)cc1C. The number of hydrogen-bond donors (Lipinski definition) is 1. The summed E-state index contributed by atoms with van der Waals surface area (Å²) in [6, 6.07) is 4.52. The lowest BCUT2D eigenvalue weighted by Gasteiger charge is -2.12. The highest BCUT2D eigenvalue weighted by atomic mass is 16.5. The van der Waals surface area contributed by atoms with E-state index < -0.39 is 0 Å². The highest BCUT2D eigenvalue weighted by Crippen LogP contribution is 2.15. The second-order valence-corrected chi connectivity index (χ2v) is 5.37. The van der Waals surface area contributed by atoms with Crippen LogP contribution >= 0.6 is 0 Å². The predicted molar refractivity (Wildman–Crippen MR) is 84.3 cm³/mol. The van der Waals surface area contributed by atoms with E-state index >= 15 is 0 Å². The molecule has 0 bridgehead atoms. The third-order valence-corrected chi connectivity index (χ3v) is 3.47. The Kier molecular flexibility index (Phi) is 8.51. The summed E-state index contributed by atoms with van der Waals surface area (Å²) in [5.74, 6) is 0. The first-order chi connectivity index (χ1) is 9.65. The van der Waals surface area contributed by atoms with E-state index in [1.165, 1.54) is 22.3 Å². The number of benzene rings is 1. The van der Waals surface area contributed by atoms with E-state index in [9.17, 15) is 0 Å². The molecule has 1 N–H and O–H groups in total. The Bertz CT molecular complexity index is 368. The molecule has 0 spiro atoms. The summed E-state index contributed by atoms with van der Waals surface area (Å²) < 4.78 is 10.4. The number of unbranched alkanes of at least 4 members (excludes halogenated alkanes) is 1. The van der Waals surface area contributed by atoms with Gasteiger partial charge in [0.05, 0.1) is 13.2 Å². The van der Waals surface area contributed by atoms with Gasteiger partial charge in [0.2, 0.25) is 0 Å². The van der Waals surface area contributed by atoms with Crippen molar-refractivity contribution in [2.24, 2.45) is 0 Å². The monoisotopic (exact) mass is 279 g/mol. The van der Waals surface area contributed by atoms with Crippen LogP contribution in [0.25, 0.3) is 0 Å². The first kappa shape index (κ1) is 17.2. The zero-order chi connectivity index (χ0) is 14.8. The number of aryl methyl sites for hydroxylation is 3. The highest BCUT2D eigenvalue weighted by Gasteiger charge is 2.03. The third kappa shape index (κ3) is 6.51. The molecule has 0 unspecified atom stereocenters. The van der Waals surface area contributed by atoms with Crippen LogP contribution in [-0.2, 0) is 16.0 Å². The molecule has 0 radical (unpaired) electrons. The lowest BCUT2D eigenvalue weighted by Crippen LogP contribution is -2.17. The molecule has 0 aliphatic rings. The largest absolute Gasteiger partial charge is 0.382 e. The molecule has 0 saturated carbocycles. The summed E-state index contributed by atoms with van der Waals surface area (Å²) in [5.41, 5.74) is 5.56. The molecule has 1 aromatic carbocycles. The normalized spacial score (nSPS) is 11.0. The fourth-order valence-electron chi connectivity index (χ4n) is 2.40. The number of rotatable bonds is 10. The van der Waals surface area contributed by atoms with E-state index in [0.29, 0.717) is 13.2 Å². The third-order valence-electron chi connectivity index (χ3n) is 3.47. The fraction of sp³-hybridized carbons (Fsp3) is 0.647. The molecule has 3 nitrogen and oxygen atoms in total. The van der Waals surface area contributed by atoms with Gasteiger partial charge in [-0.15, -0.1) is 0 Å². The average Bonchev–Trinajstić information content (AvgIpc) is 2.39. The smallest absolute Gasteiger partial charge is 0.0700 e. The van der Waals surface area contributed by atoms with Crippen molar-refractivity contribution in [3.8, 4) is 0 Å². The molecule has 0 heterocycles. The van der Waals surface area contributed by atoms with Gasteiger partial charge in [-0.25, -0.2) is 0 Å². The second-order valence-electron chi connectivity index (χ2n) is 5.37. The van der Waals surface area contributed by atoms with E-state index in [1.54, 1.807) is 7.11 Å². The molecule has 0 amide bonds. The van der Waals surface area contributed by atoms with Crippen LogP contribution in [-0.4, -0.2) is 33.5 Å². The van der Waals surface area contributed by atoms with Crippen molar-refractivity contribution in [2.45, 2.75) is 40.2 Å². The topological polar surface area (TPSA) is 30.5 Å². The van der Waals surface area contributed by atoms with Crippen LogP contribution in [0.1, 0.15) is 35.1 Å². The van der Waals surface area contributed by atoms with Crippen molar-refractivity contribution in [1.29, 1.82) is 0 Å². The van der Waals surface area contributed by atoms with E-state index in [1.807, 2.05) is 0 Å². The van der Waals surface area contributed by atoms with Crippen molar-refractivity contribution in [3.05, 3.63) is 34.4 Å². The lowest BCUT2D eigenvalue weighted by atomic mass is 10.00. The molecular weight excluding hydrogens is 250 g/mol. The maximum Gasteiger partial charge on any atom is 0.0700 e. The van der Waals surface area contributed by atoms with Crippen LogP contribution < -0.4 is 5.32 Å². The number of hydrogen-bond acceptors (Lipinski definition) is 3. The second kappa shape index (κ2) is 9.92. The molecule has 0 aliphatic heterocycles.